The first-order chi connectivity index (χ1) is 13.1. The Labute approximate surface area is 165 Å². The standard InChI is InChI=1S/C20H27FN2O4S/c1-13(2)20(24)22-19-18(14(3)15(4)23(19)11-6-12-27-5)28(25,26)17-9-7-16(21)8-10-17/h7-10,13H,6,11-12H2,1-5H3,(H,22,24). The molecular formula is C20H27FN2O4S. The first-order valence-corrected chi connectivity index (χ1v) is 10.6. The second kappa shape index (κ2) is 8.87. The Morgan fingerprint density at radius 1 is 1.21 bits per heavy atom. The van der Waals surface area contributed by atoms with Gasteiger partial charge in [0.25, 0.3) is 0 Å². The molecule has 154 valence electrons. The third-order valence-electron chi connectivity index (χ3n) is 4.66. The molecule has 0 aliphatic carbocycles. The summed E-state index contributed by atoms with van der Waals surface area (Å²) >= 11 is 0. The van der Waals surface area contributed by atoms with E-state index in [1.807, 2.05) is 6.92 Å². The minimum atomic E-state index is -3.95. The Morgan fingerprint density at radius 3 is 2.36 bits per heavy atom. The number of halogens is 1. The van der Waals surface area contributed by atoms with Crippen molar-refractivity contribution >= 4 is 21.6 Å². The van der Waals surface area contributed by atoms with Gasteiger partial charge in [-0.3, -0.25) is 4.79 Å². The summed E-state index contributed by atoms with van der Waals surface area (Å²) in [4.78, 5) is 12.4. The Balaban J connectivity index is 2.65. The van der Waals surface area contributed by atoms with E-state index in [2.05, 4.69) is 5.32 Å². The Hall–Kier alpha value is -2.19. The van der Waals surface area contributed by atoms with Gasteiger partial charge >= 0.3 is 0 Å². The van der Waals surface area contributed by atoms with Gasteiger partial charge in [-0.05, 0) is 50.1 Å². The number of sulfone groups is 1. The summed E-state index contributed by atoms with van der Waals surface area (Å²) in [5.41, 5.74) is 1.30. The van der Waals surface area contributed by atoms with Crippen LogP contribution in [-0.4, -0.2) is 32.6 Å². The lowest BCUT2D eigenvalue weighted by Gasteiger charge is -2.15. The molecule has 0 aliphatic heterocycles. The number of ether oxygens (including phenoxy) is 1. The van der Waals surface area contributed by atoms with E-state index < -0.39 is 15.7 Å². The van der Waals surface area contributed by atoms with E-state index in [1.54, 1.807) is 32.4 Å². The van der Waals surface area contributed by atoms with Gasteiger partial charge in [-0.15, -0.1) is 0 Å². The summed E-state index contributed by atoms with van der Waals surface area (Å²) in [6.07, 6.45) is 0.659. The topological polar surface area (TPSA) is 77.4 Å². The van der Waals surface area contributed by atoms with Crippen LogP contribution in [0.1, 0.15) is 31.5 Å². The average molecular weight is 411 g/mol. The minimum absolute atomic E-state index is 0.0221. The number of rotatable bonds is 8. The van der Waals surface area contributed by atoms with Gasteiger partial charge < -0.3 is 14.6 Å². The third kappa shape index (κ3) is 4.44. The van der Waals surface area contributed by atoms with Crippen LogP contribution in [0.15, 0.2) is 34.1 Å². The predicted octanol–water partition coefficient (Wildman–Crippen LogP) is 3.71. The van der Waals surface area contributed by atoms with Gasteiger partial charge in [0.1, 0.15) is 16.5 Å². The quantitative estimate of drug-likeness (QED) is 0.532. The molecule has 6 nitrogen and oxygen atoms in total. The number of hydrogen-bond acceptors (Lipinski definition) is 4. The van der Waals surface area contributed by atoms with E-state index in [9.17, 15) is 17.6 Å². The number of aromatic nitrogens is 1. The van der Waals surface area contributed by atoms with Crippen LogP contribution in [-0.2, 0) is 25.9 Å². The normalized spacial score (nSPS) is 11.8. The second-order valence-electron chi connectivity index (χ2n) is 6.99. The predicted molar refractivity (Wildman–Crippen MR) is 106 cm³/mol. The van der Waals surface area contributed by atoms with Crippen molar-refractivity contribution in [3.8, 4) is 0 Å². The van der Waals surface area contributed by atoms with Crippen LogP contribution in [0.4, 0.5) is 10.2 Å². The summed E-state index contributed by atoms with van der Waals surface area (Å²) < 4.78 is 46.8. The number of anilines is 1. The highest BCUT2D eigenvalue weighted by atomic mass is 32.2. The van der Waals surface area contributed by atoms with E-state index in [4.69, 9.17) is 4.74 Å². The Morgan fingerprint density at radius 2 is 1.82 bits per heavy atom. The van der Waals surface area contributed by atoms with E-state index in [0.29, 0.717) is 25.1 Å². The zero-order valence-electron chi connectivity index (χ0n) is 16.9. The lowest BCUT2D eigenvalue weighted by molar-refractivity contribution is -0.118. The van der Waals surface area contributed by atoms with Gasteiger partial charge in [0, 0.05) is 31.9 Å². The number of carbonyl (C=O) groups excluding carboxylic acids is 1. The highest BCUT2D eigenvalue weighted by Gasteiger charge is 2.30. The zero-order valence-corrected chi connectivity index (χ0v) is 17.7. The molecule has 0 bridgehead atoms. The van der Waals surface area contributed by atoms with Crippen molar-refractivity contribution in [1.29, 1.82) is 0 Å². The number of benzene rings is 1. The molecule has 0 saturated heterocycles. The van der Waals surface area contributed by atoms with Gasteiger partial charge in [0.15, 0.2) is 0 Å². The molecule has 0 unspecified atom stereocenters. The van der Waals surface area contributed by atoms with Crippen molar-refractivity contribution in [2.24, 2.45) is 5.92 Å². The first-order valence-electron chi connectivity index (χ1n) is 9.11. The van der Waals surface area contributed by atoms with Gasteiger partial charge in [-0.2, -0.15) is 0 Å². The third-order valence-corrected chi connectivity index (χ3v) is 6.59. The molecule has 0 aliphatic rings. The highest BCUT2D eigenvalue weighted by molar-refractivity contribution is 7.91. The minimum Gasteiger partial charge on any atom is -0.385 e. The monoisotopic (exact) mass is 410 g/mol. The zero-order chi connectivity index (χ0) is 21.1. The molecule has 1 aromatic carbocycles. The fourth-order valence-electron chi connectivity index (χ4n) is 2.93. The van der Waals surface area contributed by atoms with Crippen LogP contribution in [0.25, 0.3) is 0 Å². The first kappa shape index (κ1) is 22.1. The molecule has 0 radical (unpaired) electrons. The molecule has 0 spiro atoms. The van der Waals surface area contributed by atoms with Gasteiger partial charge in [-0.1, -0.05) is 13.8 Å². The van der Waals surface area contributed by atoms with Crippen molar-refractivity contribution in [1.82, 2.24) is 4.57 Å². The van der Waals surface area contributed by atoms with E-state index >= 15 is 0 Å². The largest absolute Gasteiger partial charge is 0.385 e. The van der Waals surface area contributed by atoms with Gasteiger partial charge in [0.05, 0.1) is 4.90 Å². The fourth-order valence-corrected chi connectivity index (χ4v) is 4.62. The molecule has 8 heteroatoms. The molecule has 1 amide bonds. The second-order valence-corrected chi connectivity index (χ2v) is 8.87. The Kier molecular flexibility index (Phi) is 7.01. The van der Waals surface area contributed by atoms with Crippen molar-refractivity contribution in [2.75, 3.05) is 19.0 Å². The summed E-state index contributed by atoms with van der Waals surface area (Å²) in [6, 6.07) is 4.68. The van der Waals surface area contributed by atoms with Crippen LogP contribution in [0.2, 0.25) is 0 Å². The summed E-state index contributed by atoms with van der Waals surface area (Å²) in [5.74, 6) is -0.864. The van der Waals surface area contributed by atoms with Gasteiger partial charge in [0.2, 0.25) is 15.7 Å². The van der Waals surface area contributed by atoms with Crippen LogP contribution in [0, 0.1) is 25.6 Å². The van der Waals surface area contributed by atoms with Crippen LogP contribution in [0.3, 0.4) is 0 Å². The molecule has 0 atom stereocenters. The van der Waals surface area contributed by atoms with Crippen LogP contribution >= 0.6 is 0 Å². The van der Waals surface area contributed by atoms with E-state index in [1.165, 1.54) is 12.1 Å². The fraction of sp³-hybridized carbons (Fsp3) is 0.450. The SMILES string of the molecule is COCCCn1c(C)c(C)c(S(=O)(=O)c2ccc(F)cc2)c1NC(=O)C(C)C. The molecule has 1 N–H and O–H groups in total. The number of amides is 1. The summed E-state index contributed by atoms with van der Waals surface area (Å²) in [7, 11) is -2.36. The average Bonchev–Trinajstić information content (AvgIpc) is 2.87. The summed E-state index contributed by atoms with van der Waals surface area (Å²) in [6.45, 7) is 8.00. The number of nitrogens with zero attached hydrogens (tertiary/aromatic N) is 1. The molecule has 2 rings (SSSR count). The van der Waals surface area contributed by atoms with E-state index in [-0.39, 0.29) is 27.4 Å². The molecular weight excluding hydrogens is 383 g/mol. The molecule has 28 heavy (non-hydrogen) atoms. The highest BCUT2D eigenvalue weighted by Crippen LogP contribution is 2.35. The van der Waals surface area contributed by atoms with Crippen molar-refractivity contribution in [3.63, 3.8) is 0 Å². The van der Waals surface area contributed by atoms with Crippen LogP contribution < -0.4 is 5.32 Å². The maximum Gasteiger partial charge on any atom is 0.228 e. The van der Waals surface area contributed by atoms with Crippen molar-refractivity contribution < 1.29 is 22.3 Å². The number of nitrogens with one attached hydrogen (secondary N) is 1. The molecule has 0 saturated carbocycles. The Bertz CT molecular complexity index is 948. The number of hydrogen-bond donors (Lipinski definition) is 1. The number of methoxy groups -OCH3 is 1. The molecule has 1 aromatic heterocycles. The van der Waals surface area contributed by atoms with Crippen molar-refractivity contribution in [3.05, 3.63) is 41.3 Å². The summed E-state index contributed by atoms with van der Waals surface area (Å²) in [5, 5.41) is 2.78. The maximum absolute atomic E-state index is 13.3. The molecule has 2 aromatic rings. The molecule has 1 heterocycles. The molecule has 0 fully saturated rings. The van der Waals surface area contributed by atoms with E-state index in [0.717, 1.165) is 17.8 Å². The lowest BCUT2D eigenvalue weighted by Crippen LogP contribution is -2.22. The van der Waals surface area contributed by atoms with Gasteiger partial charge in [-0.25, -0.2) is 12.8 Å². The van der Waals surface area contributed by atoms with Crippen LogP contribution in [0.5, 0.6) is 0 Å². The smallest absolute Gasteiger partial charge is 0.228 e. The van der Waals surface area contributed by atoms with Crippen molar-refractivity contribution in [2.45, 2.75) is 50.5 Å². The number of carbonyl (C=O) groups is 1. The lowest BCUT2D eigenvalue weighted by atomic mass is 10.2. The maximum atomic E-state index is 13.3.